The quantitative estimate of drug-likeness (QED) is 0.787. The van der Waals surface area contributed by atoms with Crippen molar-refractivity contribution in [3.05, 3.63) is 83.7 Å². The number of hydrogen-bond acceptors (Lipinski definition) is 3. The van der Waals surface area contributed by atoms with Gasteiger partial charge in [0.05, 0.1) is 11.3 Å². The van der Waals surface area contributed by atoms with Gasteiger partial charge in [0.2, 0.25) is 0 Å². The summed E-state index contributed by atoms with van der Waals surface area (Å²) in [6.07, 6.45) is 11.6. The highest BCUT2D eigenvalue weighted by molar-refractivity contribution is 5.93. The van der Waals surface area contributed by atoms with E-state index in [1.807, 2.05) is 71.8 Å². The topological polar surface area (TPSA) is 29.5 Å². The lowest BCUT2D eigenvalue weighted by Crippen LogP contribution is -2.24. The number of benzene rings is 1. The Morgan fingerprint density at radius 1 is 1.15 bits per heavy atom. The molecule has 0 fully saturated rings. The van der Waals surface area contributed by atoms with E-state index in [-0.39, 0.29) is 5.97 Å². The second-order valence-electron chi connectivity index (χ2n) is 4.62. The van der Waals surface area contributed by atoms with Crippen molar-refractivity contribution in [3.8, 4) is 0 Å². The Morgan fingerprint density at radius 2 is 2.00 bits per heavy atom. The smallest absolute Gasteiger partial charge is 0.340 e. The van der Waals surface area contributed by atoms with E-state index in [4.69, 9.17) is 4.74 Å². The van der Waals surface area contributed by atoms with E-state index in [0.717, 1.165) is 17.8 Å². The number of rotatable bonds is 3. The molecule has 0 amide bonds. The van der Waals surface area contributed by atoms with Crippen molar-refractivity contribution >= 4 is 5.97 Å². The van der Waals surface area contributed by atoms with Crippen LogP contribution in [-0.4, -0.2) is 17.4 Å². The molecule has 3 rings (SSSR count). The maximum Gasteiger partial charge on any atom is 0.340 e. The molecule has 2 aliphatic rings. The molecule has 0 spiro atoms. The fourth-order valence-electron chi connectivity index (χ4n) is 2.22. The second kappa shape index (κ2) is 5.61. The number of fused-ring (bicyclic) bond motifs is 1. The van der Waals surface area contributed by atoms with Gasteiger partial charge in [0.1, 0.15) is 6.61 Å². The number of carbonyl (C=O) groups excluding carboxylic acids is 1. The van der Waals surface area contributed by atoms with Crippen LogP contribution in [0.5, 0.6) is 0 Å². The van der Waals surface area contributed by atoms with Crippen molar-refractivity contribution in [2.24, 2.45) is 0 Å². The predicted molar refractivity (Wildman–Crippen MR) is 77.4 cm³/mol. The van der Waals surface area contributed by atoms with Crippen LogP contribution in [0.4, 0.5) is 0 Å². The third-order valence-electron chi connectivity index (χ3n) is 3.24. The van der Waals surface area contributed by atoms with E-state index >= 15 is 0 Å². The SMILES string of the molecule is O=C(OCc1ccccc1)C1=C2C=CC=CN2CC=C1. The van der Waals surface area contributed by atoms with E-state index < -0.39 is 0 Å². The summed E-state index contributed by atoms with van der Waals surface area (Å²) in [5, 5.41) is 0. The van der Waals surface area contributed by atoms with Crippen molar-refractivity contribution in [2.45, 2.75) is 6.61 Å². The number of esters is 1. The predicted octanol–water partition coefficient (Wildman–Crippen LogP) is 2.94. The lowest BCUT2D eigenvalue weighted by Gasteiger charge is -2.26. The van der Waals surface area contributed by atoms with Gasteiger partial charge in [-0.05, 0) is 23.8 Å². The van der Waals surface area contributed by atoms with Crippen molar-refractivity contribution in [2.75, 3.05) is 6.54 Å². The Kier molecular flexibility index (Phi) is 3.50. The first-order chi connectivity index (χ1) is 9.84. The molecule has 3 heteroatoms. The highest BCUT2D eigenvalue weighted by Gasteiger charge is 2.20. The van der Waals surface area contributed by atoms with Gasteiger partial charge < -0.3 is 9.64 Å². The number of nitrogens with zero attached hydrogens (tertiary/aromatic N) is 1. The zero-order chi connectivity index (χ0) is 13.8. The summed E-state index contributed by atoms with van der Waals surface area (Å²) in [5.41, 5.74) is 2.49. The second-order valence-corrected chi connectivity index (χ2v) is 4.62. The van der Waals surface area contributed by atoms with Crippen LogP contribution in [0, 0.1) is 0 Å². The maximum absolute atomic E-state index is 12.2. The Balaban J connectivity index is 1.73. The highest BCUT2D eigenvalue weighted by atomic mass is 16.5. The molecule has 0 aromatic heterocycles. The third kappa shape index (κ3) is 2.57. The third-order valence-corrected chi connectivity index (χ3v) is 3.24. The molecule has 0 atom stereocenters. The molecule has 2 aliphatic heterocycles. The molecule has 0 saturated heterocycles. The molecule has 100 valence electrons. The van der Waals surface area contributed by atoms with E-state index in [2.05, 4.69) is 0 Å². The average Bonchev–Trinajstić information content (AvgIpc) is 2.53. The maximum atomic E-state index is 12.2. The Labute approximate surface area is 118 Å². The van der Waals surface area contributed by atoms with Gasteiger partial charge in [-0.3, -0.25) is 0 Å². The molecule has 3 nitrogen and oxygen atoms in total. The fraction of sp³-hybridized carbons (Fsp3) is 0.118. The van der Waals surface area contributed by atoms with Gasteiger partial charge in [0, 0.05) is 12.7 Å². The Bertz CT molecular complexity index is 624. The van der Waals surface area contributed by atoms with Crippen molar-refractivity contribution in [1.82, 2.24) is 4.90 Å². The van der Waals surface area contributed by atoms with Gasteiger partial charge >= 0.3 is 5.97 Å². The summed E-state index contributed by atoms with van der Waals surface area (Å²) in [6, 6.07) is 9.69. The van der Waals surface area contributed by atoms with Crippen LogP contribution >= 0.6 is 0 Å². The average molecular weight is 265 g/mol. The van der Waals surface area contributed by atoms with Crippen LogP contribution in [0.2, 0.25) is 0 Å². The number of allylic oxidation sites excluding steroid dienone is 3. The standard InChI is InChI=1S/C17H15NO2/c19-17(20-13-14-7-2-1-3-8-14)15-9-6-12-18-11-5-4-10-16(15)18/h1-11H,12-13H2. The minimum absolute atomic E-state index is 0.287. The van der Waals surface area contributed by atoms with Gasteiger partial charge in [-0.2, -0.15) is 0 Å². The number of hydrogen-bond donors (Lipinski definition) is 0. The van der Waals surface area contributed by atoms with E-state index in [1.165, 1.54) is 0 Å². The summed E-state index contributed by atoms with van der Waals surface area (Å²) in [5.74, 6) is -0.287. The first-order valence-electron chi connectivity index (χ1n) is 6.58. The molecule has 1 aromatic carbocycles. The van der Waals surface area contributed by atoms with Crippen LogP contribution in [-0.2, 0) is 16.1 Å². The zero-order valence-electron chi connectivity index (χ0n) is 11.0. The molecule has 0 bridgehead atoms. The van der Waals surface area contributed by atoms with Crippen LogP contribution < -0.4 is 0 Å². The van der Waals surface area contributed by atoms with Gasteiger partial charge in [-0.1, -0.05) is 42.5 Å². The molecule has 1 aromatic rings. The van der Waals surface area contributed by atoms with Crippen molar-refractivity contribution in [1.29, 1.82) is 0 Å². The minimum atomic E-state index is -0.287. The lowest BCUT2D eigenvalue weighted by atomic mass is 10.1. The molecular weight excluding hydrogens is 250 g/mol. The monoisotopic (exact) mass is 265 g/mol. The summed E-state index contributed by atoms with van der Waals surface area (Å²) in [7, 11) is 0. The summed E-state index contributed by atoms with van der Waals surface area (Å²) >= 11 is 0. The van der Waals surface area contributed by atoms with Gasteiger partial charge in [0.25, 0.3) is 0 Å². The van der Waals surface area contributed by atoms with Gasteiger partial charge in [-0.15, -0.1) is 0 Å². The largest absolute Gasteiger partial charge is 0.457 e. The van der Waals surface area contributed by atoms with Crippen LogP contribution in [0.1, 0.15) is 5.56 Å². The van der Waals surface area contributed by atoms with E-state index in [1.54, 1.807) is 0 Å². The van der Waals surface area contributed by atoms with Gasteiger partial charge in [0.15, 0.2) is 0 Å². The minimum Gasteiger partial charge on any atom is -0.457 e. The zero-order valence-corrected chi connectivity index (χ0v) is 11.0. The number of carbonyl (C=O) groups is 1. The molecule has 0 aliphatic carbocycles. The Morgan fingerprint density at radius 3 is 2.85 bits per heavy atom. The molecule has 0 radical (unpaired) electrons. The van der Waals surface area contributed by atoms with Crippen LogP contribution in [0.15, 0.2) is 78.2 Å². The van der Waals surface area contributed by atoms with Crippen LogP contribution in [0.3, 0.4) is 0 Å². The summed E-state index contributed by atoms with van der Waals surface area (Å²) in [4.78, 5) is 14.2. The van der Waals surface area contributed by atoms with Gasteiger partial charge in [-0.25, -0.2) is 4.79 Å². The summed E-state index contributed by atoms with van der Waals surface area (Å²) in [6.45, 7) is 1.08. The first-order valence-corrected chi connectivity index (χ1v) is 6.58. The normalized spacial score (nSPS) is 16.3. The first kappa shape index (κ1) is 12.5. The molecule has 0 N–H and O–H groups in total. The molecule has 20 heavy (non-hydrogen) atoms. The van der Waals surface area contributed by atoms with Crippen molar-refractivity contribution in [3.63, 3.8) is 0 Å². The van der Waals surface area contributed by atoms with Crippen LogP contribution in [0.25, 0.3) is 0 Å². The Hall–Kier alpha value is -2.55. The highest BCUT2D eigenvalue weighted by Crippen LogP contribution is 2.22. The molecule has 0 unspecified atom stereocenters. The molecular formula is C17H15NO2. The number of ether oxygens (including phenoxy) is 1. The molecule has 0 saturated carbocycles. The fourth-order valence-corrected chi connectivity index (χ4v) is 2.22. The molecule has 2 heterocycles. The van der Waals surface area contributed by atoms with E-state index in [0.29, 0.717) is 12.2 Å². The lowest BCUT2D eigenvalue weighted by molar-refractivity contribution is -0.140. The van der Waals surface area contributed by atoms with Crippen molar-refractivity contribution < 1.29 is 9.53 Å². The summed E-state index contributed by atoms with van der Waals surface area (Å²) < 4.78 is 5.38. The van der Waals surface area contributed by atoms with E-state index in [9.17, 15) is 4.79 Å².